The molecule has 0 unspecified atom stereocenters. The van der Waals surface area contributed by atoms with Crippen LogP contribution in [-0.4, -0.2) is 15.7 Å². The van der Waals surface area contributed by atoms with Gasteiger partial charge in [-0.3, -0.25) is 4.79 Å². The molecule has 10 heteroatoms. The number of alkyl halides is 2. The van der Waals surface area contributed by atoms with Crippen molar-refractivity contribution in [3.8, 4) is 5.75 Å². The van der Waals surface area contributed by atoms with E-state index in [0.29, 0.717) is 16.0 Å². The number of rotatable bonds is 6. The molecule has 0 bridgehead atoms. The van der Waals surface area contributed by atoms with Gasteiger partial charge in [0.25, 0.3) is 0 Å². The van der Waals surface area contributed by atoms with Crippen molar-refractivity contribution in [3.05, 3.63) is 62.4 Å². The third-order valence-electron chi connectivity index (χ3n) is 4.72. The zero-order valence-electron chi connectivity index (χ0n) is 16.9. The topological polar surface area (TPSA) is 92.8 Å². The number of benzene rings is 2. The van der Waals surface area contributed by atoms with E-state index >= 15 is 0 Å². The lowest BCUT2D eigenvalue weighted by molar-refractivity contribution is 0.0766. The van der Waals surface area contributed by atoms with E-state index < -0.39 is 24.8 Å². The normalized spacial score (nSPS) is 12.5. The average molecular weight is 532 g/mol. The van der Waals surface area contributed by atoms with E-state index in [0.717, 1.165) is 11.1 Å². The molecule has 0 aliphatic carbocycles. The van der Waals surface area contributed by atoms with E-state index in [9.17, 15) is 23.4 Å². The molecule has 2 aromatic carbocycles. The Morgan fingerprint density at radius 2 is 1.81 bits per heavy atom. The van der Waals surface area contributed by atoms with Crippen LogP contribution in [0.2, 0.25) is 0 Å². The Morgan fingerprint density at radius 1 is 1.19 bits per heavy atom. The average Bonchev–Trinajstić information content (AvgIpc) is 3.03. The van der Waals surface area contributed by atoms with Crippen molar-refractivity contribution in [2.75, 3.05) is 0 Å². The van der Waals surface area contributed by atoms with Gasteiger partial charge in [0.1, 0.15) is 12.4 Å². The molecule has 1 aromatic heterocycles. The minimum atomic E-state index is -3.84. The van der Waals surface area contributed by atoms with Crippen molar-refractivity contribution >= 4 is 51.6 Å². The highest BCUT2D eigenvalue weighted by Gasteiger charge is 2.45. The second-order valence-electron chi connectivity index (χ2n) is 8.03. The van der Waals surface area contributed by atoms with Crippen LogP contribution in [0.4, 0.5) is 8.78 Å². The van der Waals surface area contributed by atoms with Crippen LogP contribution in [0.25, 0.3) is 10.1 Å². The molecule has 31 heavy (non-hydrogen) atoms. The first-order valence-corrected chi connectivity index (χ1v) is 12.0. The molecule has 0 radical (unpaired) electrons. The number of halogens is 3. The summed E-state index contributed by atoms with van der Waals surface area (Å²) in [6.07, 6.45) is 0. The summed E-state index contributed by atoms with van der Waals surface area (Å²) < 4.78 is 34.9. The molecule has 0 saturated heterocycles. The van der Waals surface area contributed by atoms with Gasteiger partial charge in [-0.05, 0) is 44.6 Å². The van der Waals surface area contributed by atoms with Gasteiger partial charge in [0.05, 0.1) is 9.58 Å². The predicted octanol–water partition coefficient (Wildman–Crippen LogP) is 5.99. The number of hydrogen-bond donors (Lipinski definition) is 3. The summed E-state index contributed by atoms with van der Waals surface area (Å²) in [7, 11) is -3.55. The summed E-state index contributed by atoms with van der Waals surface area (Å²) in [6, 6.07) is 10.6. The fourth-order valence-electron chi connectivity index (χ4n) is 2.94. The molecule has 0 spiro atoms. The van der Waals surface area contributed by atoms with Crippen LogP contribution in [0.15, 0.2) is 40.9 Å². The molecule has 4 N–H and O–H groups in total. The van der Waals surface area contributed by atoms with Gasteiger partial charge in [0.2, 0.25) is 14.3 Å². The van der Waals surface area contributed by atoms with Crippen LogP contribution in [-0.2, 0) is 17.7 Å². The zero-order valence-corrected chi connectivity index (χ0v) is 20.2. The minimum absolute atomic E-state index is 0.00502. The van der Waals surface area contributed by atoms with Gasteiger partial charge in [-0.1, -0.05) is 45.0 Å². The molecule has 1 amide bonds. The number of thiophene rings is 1. The van der Waals surface area contributed by atoms with E-state index in [-0.39, 0.29) is 33.2 Å². The van der Waals surface area contributed by atoms with Gasteiger partial charge >= 0.3 is 5.66 Å². The summed E-state index contributed by atoms with van der Waals surface area (Å²) in [6.45, 7) is 6.47. The van der Waals surface area contributed by atoms with Gasteiger partial charge in [-0.25, -0.2) is 0 Å². The smallest absolute Gasteiger partial charge is 0.349 e. The third-order valence-corrected chi connectivity index (χ3v) is 7.97. The molecule has 0 fully saturated rings. The van der Waals surface area contributed by atoms with Crippen molar-refractivity contribution in [1.29, 1.82) is 0 Å². The van der Waals surface area contributed by atoms with Gasteiger partial charge < -0.3 is 20.3 Å². The summed E-state index contributed by atoms with van der Waals surface area (Å²) in [5.74, 6) is -0.529. The lowest BCUT2D eigenvalue weighted by atomic mass is 9.87. The maximum absolute atomic E-state index is 14.3. The second-order valence-corrected chi connectivity index (χ2v) is 11.0. The van der Waals surface area contributed by atoms with Crippen LogP contribution < -0.4 is 10.5 Å². The first kappa shape index (κ1) is 24.0. The SMILES string of the molecule is CC(C)(C)c1ccc(COc2cc(C(N)=O)cc3c(Br)c(C(F)(F)P(O)O)sc23)cc1. The highest BCUT2D eigenvalue weighted by molar-refractivity contribution is 9.10. The molecule has 3 rings (SSSR count). The van der Waals surface area contributed by atoms with Crippen LogP contribution in [0.3, 0.4) is 0 Å². The Labute approximate surface area is 191 Å². The Hall–Kier alpha value is -1.64. The number of carbonyl (C=O) groups is 1. The lowest BCUT2D eigenvalue weighted by Crippen LogP contribution is -2.11. The first-order valence-electron chi connectivity index (χ1n) is 9.16. The van der Waals surface area contributed by atoms with Gasteiger partial charge in [-0.2, -0.15) is 8.78 Å². The number of nitrogens with two attached hydrogens (primary N) is 1. The van der Waals surface area contributed by atoms with Crippen LogP contribution in [0.1, 0.15) is 47.1 Å². The van der Waals surface area contributed by atoms with Crippen LogP contribution >= 0.6 is 35.6 Å². The molecule has 166 valence electrons. The highest BCUT2D eigenvalue weighted by atomic mass is 79.9. The Bertz CT molecular complexity index is 1130. The van der Waals surface area contributed by atoms with Crippen molar-refractivity contribution in [1.82, 2.24) is 0 Å². The van der Waals surface area contributed by atoms with Gasteiger partial charge in [0.15, 0.2) is 0 Å². The Morgan fingerprint density at radius 3 is 2.32 bits per heavy atom. The number of carbonyl (C=O) groups excluding carboxylic acids is 1. The first-order chi connectivity index (χ1) is 14.3. The van der Waals surface area contributed by atoms with Gasteiger partial charge in [0, 0.05) is 15.4 Å². The molecule has 3 aromatic rings. The summed E-state index contributed by atoms with van der Waals surface area (Å²) >= 11 is 3.78. The molecular weight excluding hydrogens is 511 g/mol. The highest BCUT2D eigenvalue weighted by Crippen LogP contribution is 2.58. The largest absolute Gasteiger partial charge is 0.487 e. The van der Waals surface area contributed by atoms with Crippen molar-refractivity contribution in [2.45, 2.75) is 38.5 Å². The van der Waals surface area contributed by atoms with E-state index in [2.05, 4.69) is 36.7 Å². The number of amides is 1. The quantitative estimate of drug-likeness (QED) is 0.341. The van der Waals surface area contributed by atoms with E-state index in [4.69, 9.17) is 10.5 Å². The standard InChI is InChI=1S/C21H21BrF2NO4PS/c1-20(2,3)13-6-4-11(5-7-13)10-29-15-9-12(19(25)26)8-14-16(22)18(31-17(14)15)21(23,24)30(27)28/h4-9,27-28H,10H2,1-3H3,(H2,25,26). The summed E-state index contributed by atoms with van der Waals surface area (Å²) in [5.41, 5.74) is 3.67. The van der Waals surface area contributed by atoms with Crippen molar-refractivity contribution < 1.29 is 28.1 Å². The molecule has 0 atom stereocenters. The monoisotopic (exact) mass is 531 g/mol. The van der Waals surface area contributed by atoms with E-state index in [1.807, 2.05) is 24.3 Å². The second kappa shape index (κ2) is 8.71. The molecule has 5 nitrogen and oxygen atoms in total. The molecule has 1 heterocycles. The number of hydrogen-bond acceptors (Lipinski definition) is 5. The minimum Gasteiger partial charge on any atom is -0.487 e. The Kier molecular flexibility index (Phi) is 6.75. The number of primary amides is 1. The summed E-state index contributed by atoms with van der Waals surface area (Å²) in [5, 5.41) is 0.283. The maximum Gasteiger partial charge on any atom is 0.349 e. The predicted molar refractivity (Wildman–Crippen MR) is 123 cm³/mol. The van der Waals surface area contributed by atoms with E-state index in [1.54, 1.807) is 0 Å². The van der Waals surface area contributed by atoms with Gasteiger partial charge in [-0.15, -0.1) is 11.3 Å². The Balaban J connectivity index is 2.01. The third kappa shape index (κ3) is 4.91. The molecule has 0 saturated carbocycles. The van der Waals surface area contributed by atoms with Crippen LogP contribution in [0.5, 0.6) is 5.75 Å². The number of ether oxygens (including phenoxy) is 1. The molecule has 0 aliphatic heterocycles. The fourth-order valence-corrected chi connectivity index (χ4v) is 5.72. The zero-order chi connectivity index (χ0) is 23.1. The molecule has 0 aliphatic rings. The van der Waals surface area contributed by atoms with E-state index in [1.165, 1.54) is 12.1 Å². The lowest BCUT2D eigenvalue weighted by Gasteiger charge is -2.19. The van der Waals surface area contributed by atoms with Crippen LogP contribution in [0, 0.1) is 0 Å². The maximum atomic E-state index is 14.3. The van der Waals surface area contributed by atoms with Crippen molar-refractivity contribution in [3.63, 3.8) is 0 Å². The summed E-state index contributed by atoms with van der Waals surface area (Å²) in [4.78, 5) is 29.6. The van der Waals surface area contributed by atoms with Crippen molar-refractivity contribution in [2.24, 2.45) is 5.73 Å². The molecular formula is C21H21BrF2NO4PS. The fraction of sp³-hybridized carbons (Fsp3) is 0.286. The number of fused-ring (bicyclic) bond motifs is 1.